The maximum absolute atomic E-state index is 12.0. The molecule has 3 heterocycles. The van der Waals surface area contributed by atoms with Gasteiger partial charge in [-0.25, -0.2) is 9.97 Å². The number of thioether (sulfide) groups is 1. The number of benzene rings is 1. The van der Waals surface area contributed by atoms with Gasteiger partial charge in [-0.15, -0.1) is 21.5 Å². The Morgan fingerprint density at radius 1 is 1.15 bits per heavy atom. The number of fused-ring (bicyclic) bond motifs is 1. The lowest BCUT2D eigenvalue weighted by Gasteiger charge is -2.02. The summed E-state index contributed by atoms with van der Waals surface area (Å²) in [5.41, 5.74) is 0.816. The number of ether oxygens (including phenoxy) is 1. The molecule has 0 saturated heterocycles. The highest BCUT2D eigenvalue weighted by atomic mass is 32.2. The van der Waals surface area contributed by atoms with Gasteiger partial charge in [-0.1, -0.05) is 30.0 Å². The Hall–Kier alpha value is -2.78. The molecule has 0 aliphatic heterocycles. The zero-order valence-corrected chi connectivity index (χ0v) is 15.0. The Kier molecular flexibility index (Phi) is 4.89. The predicted octanol–water partition coefficient (Wildman–Crippen LogP) is 3.58. The molecule has 4 aromatic rings. The second-order valence-electron chi connectivity index (χ2n) is 5.13. The molecule has 0 amide bonds. The highest BCUT2D eigenvalue weighted by molar-refractivity contribution is 8.00. The van der Waals surface area contributed by atoms with Crippen LogP contribution in [-0.4, -0.2) is 31.9 Å². The smallest absolute Gasteiger partial charge is 0.316 e. The van der Waals surface area contributed by atoms with Gasteiger partial charge in [0.05, 0.1) is 5.75 Å². The number of carbonyl (C=O) groups excluding carboxylic acids is 1. The third-order valence-electron chi connectivity index (χ3n) is 3.40. The van der Waals surface area contributed by atoms with Gasteiger partial charge in [0.1, 0.15) is 16.2 Å². The van der Waals surface area contributed by atoms with E-state index in [-0.39, 0.29) is 24.2 Å². The molecule has 0 unspecified atom stereocenters. The summed E-state index contributed by atoms with van der Waals surface area (Å²) in [4.78, 5) is 21.3. The van der Waals surface area contributed by atoms with Gasteiger partial charge < -0.3 is 9.15 Å². The van der Waals surface area contributed by atoms with Crippen LogP contribution in [-0.2, 0) is 16.1 Å². The predicted molar refractivity (Wildman–Crippen MR) is 97.7 cm³/mol. The molecule has 26 heavy (non-hydrogen) atoms. The first-order chi connectivity index (χ1) is 12.8. The Morgan fingerprint density at radius 2 is 2.04 bits per heavy atom. The molecule has 0 spiro atoms. The largest absolute Gasteiger partial charge is 0.455 e. The molecular formula is C17H12N4O3S2. The molecule has 0 atom stereocenters. The Bertz CT molecular complexity index is 1030. The molecule has 0 fully saturated rings. The fourth-order valence-corrected chi connectivity index (χ4v) is 3.78. The lowest BCUT2D eigenvalue weighted by molar-refractivity contribution is -0.142. The summed E-state index contributed by atoms with van der Waals surface area (Å²) in [5, 5.41) is 11.5. The van der Waals surface area contributed by atoms with Crippen LogP contribution >= 0.6 is 23.1 Å². The van der Waals surface area contributed by atoms with Crippen molar-refractivity contribution in [2.75, 3.05) is 5.75 Å². The first-order valence-corrected chi connectivity index (χ1v) is 9.50. The summed E-state index contributed by atoms with van der Waals surface area (Å²) < 4.78 is 10.7. The highest BCUT2D eigenvalue weighted by Gasteiger charge is 2.12. The number of hydrogen-bond acceptors (Lipinski definition) is 9. The summed E-state index contributed by atoms with van der Waals surface area (Å²) >= 11 is 2.85. The van der Waals surface area contributed by atoms with Crippen molar-refractivity contribution in [2.24, 2.45) is 0 Å². The molecule has 0 radical (unpaired) electrons. The van der Waals surface area contributed by atoms with E-state index in [1.807, 2.05) is 41.8 Å². The molecular weight excluding hydrogens is 372 g/mol. The molecule has 130 valence electrons. The zero-order valence-electron chi connectivity index (χ0n) is 13.4. The molecule has 0 saturated carbocycles. The van der Waals surface area contributed by atoms with E-state index in [1.165, 1.54) is 29.4 Å². The number of hydrogen-bond donors (Lipinski definition) is 0. The minimum atomic E-state index is -0.378. The van der Waals surface area contributed by atoms with Gasteiger partial charge in [-0.05, 0) is 23.6 Å². The van der Waals surface area contributed by atoms with E-state index >= 15 is 0 Å². The zero-order chi connectivity index (χ0) is 17.8. The third kappa shape index (κ3) is 3.73. The van der Waals surface area contributed by atoms with Crippen molar-refractivity contribution in [3.05, 3.63) is 54.0 Å². The lowest BCUT2D eigenvalue weighted by Crippen LogP contribution is -2.07. The van der Waals surface area contributed by atoms with Crippen molar-refractivity contribution in [1.82, 2.24) is 20.2 Å². The van der Waals surface area contributed by atoms with Gasteiger partial charge in [0, 0.05) is 10.9 Å². The molecule has 0 aliphatic rings. The van der Waals surface area contributed by atoms with Gasteiger partial charge in [-0.3, -0.25) is 4.79 Å². The third-order valence-corrected chi connectivity index (χ3v) is 5.20. The Balaban J connectivity index is 1.32. The van der Waals surface area contributed by atoms with Crippen molar-refractivity contribution in [3.63, 3.8) is 0 Å². The molecule has 7 nitrogen and oxygen atoms in total. The van der Waals surface area contributed by atoms with E-state index in [9.17, 15) is 4.79 Å². The van der Waals surface area contributed by atoms with E-state index in [0.717, 1.165) is 20.8 Å². The number of nitrogens with zero attached hydrogens (tertiary/aromatic N) is 4. The second kappa shape index (κ2) is 7.63. The van der Waals surface area contributed by atoms with Crippen LogP contribution in [0.4, 0.5) is 0 Å². The van der Waals surface area contributed by atoms with Crippen LogP contribution in [0.25, 0.3) is 21.7 Å². The minimum Gasteiger partial charge on any atom is -0.455 e. The molecule has 4 rings (SSSR count). The van der Waals surface area contributed by atoms with Crippen molar-refractivity contribution in [1.29, 1.82) is 0 Å². The van der Waals surface area contributed by atoms with Gasteiger partial charge >= 0.3 is 5.97 Å². The summed E-state index contributed by atoms with van der Waals surface area (Å²) in [5.74, 6) is 0.412. The van der Waals surface area contributed by atoms with Crippen molar-refractivity contribution < 1.29 is 13.9 Å². The monoisotopic (exact) mass is 384 g/mol. The van der Waals surface area contributed by atoms with Gasteiger partial charge in [-0.2, -0.15) is 0 Å². The minimum absolute atomic E-state index is 0.0587. The van der Waals surface area contributed by atoms with Gasteiger partial charge in [0.15, 0.2) is 6.61 Å². The van der Waals surface area contributed by atoms with Crippen LogP contribution in [0.15, 0.2) is 57.5 Å². The lowest BCUT2D eigenvalue weighted by atomic mass is 10.2. The van der Waals surface area contributed by atoms with Crippen LogP contribution in [0, 0.1) is 0 Å². The normalized spacial score (nSPS) is 10.9. The topological polar surface area (TPSA) is 91.0 Å². The van der Waals surface area contributed by atoms with E-state index in [2.05, 4.69) is 20.2 Å². The summed E-state index contributed by atoms with van der Waals surface area (Å²) in [6.45, 7) is -0.0587. The number of esters is 1. The maximum atomic E-state index is 12.0. The molecule has 3 aromatic heterocycles. The van der Waals surface area contributed by atoms with E-state index in [1.54, 1.807) is 0 Å². The van der Waals surface area contributed by atoms with Crippen molar-refractivity contribution in [2.45, 2.75) is 11.6 Å². The van der Waals surface area contributed by atoms with Gasteiger partial charge in [0.25, 0.3) is 5.89 Å². The summed E-state index contributed by atoms with van der Waals surface area (Å²) in [6.07, 6.45) is 1.50. The number of aromatic nitrogens is 4. The Morgan fingerprint density at radius 3 is 2.92 bits per heavy atom. The van der Waals surface area contributed by atoms with E-state index in [4.69, 9.17) is 9.15 Å². The number of rotatable bonds is 6. The SMILES string of the molecule is O=C(CSc1ncnc2sccc12)OCc1nnc(-c2ccccc2)o1. The highest BCUT2D eigenvalue weighted by Crippen LogP contribution is 2.27. The average molecular weight is 384 g/mol. The van der Waals surface area contributed by atoms with Crippen LogP contribution < -0.4 is 0 Å². The van der Waals surface area contributed by atoms with E-state index < -0.39 is 0 Å². The first kappa shape index (κ1) is 16.7. The first-order valence-electron chi connectivity index (χ1n) is 7.64. The van der Waals surface area contributed by atoms with Gasteiger partial charge in [0.2, 0.25) is 5.89 Å². The molecule has 1 aromatic carbocycles. The fourth-order valence-electron chi connectivity index (χ4n) is 2.20. The second-order valence-corrected chi connectivity index (χ2v) is 6.99. The van der Waals surface area contributed by atoms with E-state index in [0.29, 0.717) is 5.89 Å². The summed E-state index contributed by atoms with van der Waals surface area (Å²) in [7, 11) is 0. The van der Waals surface area contributed by atoms with Crippen LogP contribution in [0.2, 0.25) is 0 Å². The molecule has 0 bridgehead atoms. The average Bonchev–Trinajstić information content (AvgIpc) is 3.35. The Labute approximate surface area is 156 Å². The number of thiophene rings is 1. The van der Waals surface area contributed by atoms with Crippen molar-refractivity contribution in [3.8, 4) is 11.5 Å². The van der Waals surface area contributed by atoms with Crippen LogP contribution in [0.1, 0.15) is 5.89 Å². The standard InChI is InChI=1S/C17H12N4O3S2/c22-14(9-26-17-12-6-7-25-16(12)18-10-19-17)23-8-13-20-21-15(24-13)11-4-2-1-3-5-11/h1-7,10H,8-9H2. The molecule has 9 heteroatoms. The number of carbonyl (C=O) groups is 1. The van der Waals surface area contributed by atoms with Crippen molar-refractivity contribution >= 4 is 39.3 Å². The molecule has 0 N–H and O–H groups in total. The van der Waals surface area contributed by atoms with Crippen LogP contribution in [0.5, 0.6) is 0 Å². The summed E-state index contributed by atoms with van der Waals surface area (Å²) in [6, 6.07) is 11.3. The molecule has 0 aliphatic carbocycles. The fraction of sp³-hybridized carbons (Fsp3) is 0.118. The van der Waals surface area contributed by atoms with Crippen LogP contribution in [0.3, 0.4) is 0 Å². The quantitative estimate of drug-likeness (QED) is 0.283. The maximum Gasteiger partial charge on any atom is 0.316 e.